The van der Waals surface area contributed by atoms with Crippen molar-refractivity contribution >= 4 is 35.0 Å². The molecule has 3 amide bonds. The van der Waals surface area contributed by atoms with Gasteiger partial charge in [-0.15, -0.1) is 0 Å². The molecule has 9 heteroatoms. The molecule has 3 aliphatic rings. The van der Waals surface area contributed by atoms with Gasteiger partial charge in [0.1, 0.15) is 11.6 Å². The van der Waals surface area contributed by atoms with Crippen molar-refractivity contribution in [1.29, 1.82) is 0 Å². The van der Waals surface area contributed by atoms with Crippen molar-refractivity contribution in [1.82, 2.24) is 10.2 Å². The van der Waals surface area contributed by atoms with Gasteiger partial charge in [-0.25, -0.2) is 0 Å². The van der Waals surface area contributed by atoms with Gasteiger partial charge in [0.2, 0.25) is 17.7 Å². The molecule has 0 radical (unpaired) electrons. The molecule has 8 nitrogen and oxygen atoms in total. The number of benzene rings is 1. The molecule has 1 spiro atoms. The first kappa shape index (κ1) is 24.0. The first-order chi connectivity index (χ1) is 15.8. The molecule has 1 aromatic carbocycles. The zero-order valence-electron chi connectivity index (χ0n) is 19.1. The van der Waals surface area contributed by atoms with Gasteiger partial charge < -0.3 is 25.4 Å². The predicted octanol–water partition coefficient (Wildman–Crippen LogP) is 2.34. The van der Waals surface area contributed by atoms with Crippen LogP contribution in [0.1, 0.15) is 46.0 Å². The summed E-state index contributed by atoms with van der Waals surface area (Å²) in [5.41, 5.74) is -1.26. The van der Waals surface area contributed by atoms with E-state index in [-0.39, 0.29) is 24.3 Å². The first-order valence-electron chi connectivity index (χ1n) is 11.7. The Balaban J connectivity index is 1.67. The maximum absolute atomic E-state index is 13.7. The van der Waals surface area contributed by atoms with Gasteiger partial charge in [-0.2, -0.15) is 0 Å². The molecule has 3 saturated heterocycles. The number of aliphatic hydroxyl groups is 1. The van der Waals surface area contributed by atoms with E-state index in [1.807, 2.05) is 13.8 Å². The number of fused-ring (bicyclic) bond motifs is 1. The summed E-state index contributed by atoms with van der Waals surface area (Å²) in [4.78, 5) is 42.0. The largest absolute Gasteiger partial charge is 0.396 e. The Morgan fingerprint density at radius 3 is 2.61 bits per heavy atom. The highest BCUT2D eigenvalue weighted by molar-refractivity contribution is 6.30. The lowest BCUT2D eigenvalue weighted by Gasteiger charge is -2.33. The smallest absolute Gasteiger partial charge is 0.250 e. The molecular formula is C24H32ClN3O5. The van der Waals surface area contributed by atoms with Crippen LogP contribution in [-0.2, 0) is 19.1 Å². The molecule has 1 aromatic rings. The molecule has 0 aromatic heterocycles. The molecule has 2 unspecified atom stereocenters. The fraction of sp³-hybridized carbons (Fsp3) is 0.625. The Kier molecular flexibility index (Phi) is 6.71. The maximum Gasteiger partial charge on any atom is 0.250 e. The summed E-state index contributed by atoms with van der Waals surface area (Å²) in [6.07, 6.45) is 3.01. The number of hydrogen-bond donors (Lipinski definition) is 3. The number of nitrogens with zero attached hydrogens (tertiary/aromatic N) is 1. The van der Waals surface area contributed by atoms with Crippen LogP contribution in [0.2, 0.25) is 5.02 Å². The molecule has 4 rings (SSSR count). The van der Waals surface area contributed by atoms with Crippen LogP contribution in [0, 0.1) is 11.8 Å². The van der Waals surface area contributed by atoms with Gasteiger partial charge in [-0.1, -0.05) is 18.5 Å². The number of carbonyl (C=O) groups excluding carboxylic acids is 3. The van der Waals surface area contributed by atoms with Crippen molar-refractivity contribution in [3.8, 4) is 0 Å². The van der Waals surface area contributed by atoms with E-state index in [2.05, 4.69) is 10.6 Å². The third-order valence-corrected chi connectivity index (χ3v) is 7.53. The van der Waals surface area contributed by atoms with Crippen LogP contribution in [-0.4, -0.2) is 64.7 Å². The average Bonchev–Trinajstić information content (AvgIpc) is 3.35. The number of likely N-dealkylation sites (tertiary alicyclic amines) is 1. The second-order valence-corrected chi connectivity index (χ2v) is 9.91. The Labute approximate surface area is 199 Å². The lowest BCUT2D eigenvalue weighted by Crippen LogP contribution is -2.53. The van der Waals surface area contributed by atoms with Crippen LogP contribution >= 0.6 is 11.6 Å². The molecule has 0 saturated carbocycles. The fourth-order valence-corrected chi connectivity index (χ4v) is 5.99. The number of nitrogens with one attached hydrogen (secondary N) is 2. The number of anilines is 1. The van der Waals surface area contributed by atoms with Gasteiger partial charge in [-0.3, -0.25) is 14.4 Å². The second-order valence-electron chi connectivity index (χ2n) is 9.48. The zero-order chi connectivity index (χ0) is 23.8. The van der Waals surface area contributed by atoms with Crippen LogP contribution in [0.4, 0.5) is 5.69 Å². The minimum absolute atomic E-state index is 0.00879. The van der Waals surface area contributed by atoms with E-state index >= 15 is 0 Å². The summed E-state index contributed by atoms with van der Waals surface area (Å²) < 4.78 is 6.53. The number of halogens is 1. The SMILES string of the molecule is CCCNC(=O)[C@H]1[C@H]2C(=O)N(CCCCO)C(C(=O)Nc3ccc(Cl)cc3)C23CC[C@]1(C)O3. The quantitative estimate of drug-likeness (QED) is 0.473. The van der Waals surface area contributed by atoms with Crippen LogP contribution in [0.3, 0.4) is 0 Å². The van der Waals surface area contributed by atoms with Gasteiger partial charge in [0.25, 0.3) is 0 Å². The lowest BCUT2D eigenvalue weighted by atomic mass is 9.66. The van der Waals surface area contributed by atoms with Gasteiger partial charge >= 0.3 is 0 Å². The van der Waals surface area contributed by atoms with Crippen molar-refractivity contribution in [2.24, 2.45) is 11.8 Å². The minimum Gasteiger partial charge on any atom is -0.396 e. The summed E-state index contributed by atoms with van der Waals surface area (Å²) in [6.45, 7) is 4.71. The monoisotopic (exact) mass is 477 g/mol. The Morgan fingerprint density at radius 2 is 1.94 bits per heavy atom. The molecule has 3 fully saturated rings. The molecule has 180 valence electrons. The summed E-state index contributed by atoms with van der Waals surface area (Å²) in [6, 6.07) is 5.93. The predicted molar refractivity (Wildman–Crippen MR) is 124 cm³/mol. The Hall–Kier alpha value is -2.16. The minimum atomic E-state index is -1.05. The number of carbonyl (C=O) groups is 3. The highest BCUT2D eigenvalue weighted by Crippen LogP contribution is 2.63. The first-order valence-corrected chi connectivity index (χ1v) is 12.1. The van der Waals surface area contributed by atoms with Gasteiger partial charge in [0.15, 0.2) is 0 Å². The number of hydrogen-bond acceptors (Lipinski definition) is 5. The molecule has 0 aliphatic carbocycles. The zero-order valence-corrected chi connectivity index (χ0v) is 19.9. The van der Waals surface area contributed by atoms with E-state index < -0.39 is 29.1 Å². The van der Waals surface area contributed by atoms with Crippen molar-refractivity contribution in [3.63, 3.8) is 0 Å². The maximum atomic E-state index is 13.7. The van der Waals surface area contributed by atoms with E-state index in [4.69, 9.17) is 16.3 Å². The number of aliphatic hydroxyl groups excluding tert-OH is 1. The molecule has 5 atom stereocenters. The Bertz CT molecular complexity index is 925. The number of rotatable bonds is 9. The molecule has 33 heavy (non-hydrogen) atoms. The van der Waals surface area contributed by atoms with E-state index in [0.717, 1.165) is 6.42 Å². The summed E-state index contributed by atoms with van der Waals surface area (Å²) in [5.74, 6) is -2.09. The second kappa shape index (κ2) is 9.24. The summed E-state index contributed by atoms with van der Waals surface area (Å²) >= 11 is 5.96. The van der Waals surface area contributed by atoms with E-state index in [1.165, 1.54) is 0 Å². The third kappa shape index (κ3) is 4.02. The van der Waals surface area contributed by atoms with Crippen LogP contribution in [0.15, 0.2) is 24.3 Å². The molecule has 3 N–H and O–H groups in total. The molecule has 2 bridgehead atoms. The lowest BCUT2D eigenvalue weighted by molar-refractivity contribution is -0.144. The van der Waals surface area contributed by atoms with Crippen LogP contribution < -0.4 is 10.6 Å². The van der Waals surface area contributed by atoms with Crippen molar-refractivity contribution in [2.75, 3.05) is 25.0 Å². The topological polar surface area (TPSA) is 108 Å². The van der Waals surface area contributed by atoms with Gasteiger partial charge in [-0.05, 0) is 63.3 Å². The summed E-state index contributed by atoms with van der Waals surface area (Å²) in [7, 11) is 0. The third-order valence-electron chi connectivity index (χ3n) is 7.28. The highest BCUT2D eigenvalue weighted by Gasteiger charge is 2.77. The fourth-order valence-electron chi connectivity index (χ4n) is 5.86. The van der Waals surface area contributed by atoms with Crippen LogP contribution in [0.5, 0.6) is 0 Å². The van der Waals surface area contributed by atoms with Crippen molar-refractivity contribution in [2.45, 2.75) is 63.2 Å². The highest BCUT2D eigenvalue weighted by atomic mass is 35.5. The van der Waals surface area contributed by atoms with Gasteiger partial charge in [0, 0.05) is 30.4 Å². The number of amides is 3. The Morgan fingerprint density at radius 1 is 1.21 bits per heavy atom. The molecule has 3 aliphatic heterocycles. The molecular weight excluding hydrogens is 446 g/mol. The molecule has 3 heterocycles. The number of ether oxygens (including phenoxy) is 1. The average molecular weight is 478 g/mol. The van der Waals surface area contributed by atoms with E-state index in [9.17, 15) is 19.5 Å². The summed E-state index contributed by atoms with van der Waals surface area (Å²) in [5, 5.41) is 15.6. The van der Waals surface area contributed by atoms with E-state index in [1.54, 1.807) is 29.2 Å². The van der Waals surface area contributed by atoms with Gasteiger partial charge in [0.05, 0.1) is 17.4 Å². The number of unbranched alkanes of at least 4 members (excludes halogenated alkanes) is 1. The van der Waals surface area contributed by atoms with Crippen molar-refractivity contribution < 1.29 is 24.2 Å². The van der Waals surface area contributed by atoms with E-state index in [0.29, 0.717) is 49.5 Å². The van der Waals surface area contributed by atoms with Crippen molar-refractivity contribution in [3.05, 3.63) is 29.3 Å². The normalized spacial score (nSPS) is 32.2. The van der Waals surface area contributed by atoms with Crippen LogP contribution in [0.25, 0.3) is 0 Å². The standard InChI is InChI=1S/C24H32ClN3O5/c1-3-12-26-20(30)17-18-22(32)28(13-4-5-14-29)19(24(18)11-10-23(17,2)33-24)21(31)27-16-8-6-15(25)7-9-16/h6-9,17-19,29H,3-5,10-14H2,1-2H3,(H,26,30)(H,27,31)/t17-,18+,19?,23+,24?/m1/s1.